The summed E-state index contributed by atoms with van der Waals surface area (Å²) < 4.78 is 6.07. The second-order valence-corrected chi connectivity index (χ2v) is 7.97. The predicted octanol–water partition coefficient (Wildman–Crippen LogP) is 4.70. The van der Waals surface area contributed by atoms with Crippen molar-refractivity contribution in [2.45, 2.75) is 43.7 Å². The molecule has 1 N–H and O–H groups in total. The monoisotopic (exact) mass is 361 g/mol. The van der Waals surface area contributed by atoms with Gasteiger partial charge in [0.15, 0.2) is 10.2 Å². The smallest absolute Gasteiger partial charge is 0.239 e. The van der Waals surface area contributed by atoms with Crippen LogP contribution in [0.1, 0.15) is 41.9 Å². The molecule has 0 aliphatic rings. The molecule has 8 heteroatoms. The molecule has 3 aromatic rings. The van der Waals surface area contributed by atoms with Crippen molar-refractivity contribution < 1.29 is 4.52 Å². The number of benzene rings is 1. The third kappa shape index (κ3) is 3.76. The van der Waals surface area contributed by atoms with Crippen molar-refractivity contribution in [2.24, 2.45) is 0 Å². The lowest BCUT2D eigenvalue weighted by Crippen LogP contribution is -1.97. The van der Waals surface area contributed by atoms with E-state index in [2.05, 4.69) is 57.7 Å². The summed E-state index contributed by atoms with van der Waals surface area (Å²) in [5, 5.41) is 16.6. The summed E-state index contributed by atoms with van der Waals surface area (Å²) in [6.07, 6.45) is 0.970. The average molecular weight is 361 g/mol. The third-order valence-corrected chi connectivity index (χ3v) is 5.56. The highest BCUT2D eigenvalue weighted by Gasteiger charge is 2.17. The van der Waals surface area contributed by atoms with Crippen molar-refractivity contribution in [1.82, 2.24) is 20.3 Å². The van der Waals surface area contributed by atoms with Crippen LogP contribution in [0.2, 0.25) is 0 Å². The number of anilines is 2. The molecule has 1 unspecified atom stereocenters. The van der Waals surface area contributed by atoms with Gasteiger partial charge in [0, 0.05) is 5.69 Å². The van der Waals surface area contributed by atoms with Crippen molar-refractivity contribution in [3.63, 3.8) is 0 Å². The van der Waals surface area contributed by atoms with Gasteiger partial charge in [0.2, 0.25) is 11.0 Å². The highest BCUT2D eigenvalue weighted by Crippen LogP contribution is 2.37. The van der Waals surface area contributed by atoms with E-state index in [-0.39, 0.29) is 5.25 Å². The average Bonchev–Trinajstić information content (AvgIpc) is 3.18. The summed E-state index contributed by atoms with van der Waals surface area (Å²) in [5.41, 5.74) is 3.59. The first-order valence-corrected chi connectivity index (χ1v) is 9.42. The minimum atomic E-state index is 0.0386. The molecule has 0 bridgehead atoms. The normalized spacial score (nSPS) is 12.3. The maximum atomic E-state index is 5.21. The van der Waals surface area contributed by atoms with E-state index in [1.54, 1.807) is 11.8 Å². The third-order valence-electron chi connectivity index (χ3n) is 3.55. The molecule has 1 aromatic carbocycles. The minimum absolute atomic E-state index is 0.0386. The van der Waals surface area contributed by atoms with E-state index in [9.17, 15) is 0 Å². The summed E-state index contributed by atoms with van der Waals surface area (Å²) in [6, 6.07) is 6.30. The number of hydrogen-bond donors (Lipinski definition) is 1. The molecule has 2 heterocycles. The molecule has 0 aliphatic carbocycles. The van der Waals surface area contributed by atoms with E-state index in [1.165, 1.54) is 22.5 Å². The predicted molar refractivity (Wildman–Crippen MR) is 97.1 cm³/mol. The van der Waals surface area contributed by atoms with Crippen LogP contribution >= 0.6 is 23.1 Å². The molecule has 1 atom stereocenters. The number of rotatable bonds is 6. The molecule has 24 heavy (non-hydrogen) atoms. The highest BCUT2D eigenvalue weighted by atomic mass is 32.2. The van der Waals surface area contributed by atoms with Crippen LogP contribution in [-0.2, 0) is 6.42 Å². The van der Waals surface area contributed by atoms with Crippen molar-refractivity contribution in [3.8, 4) is 0 Å². The van der Waals surface area contributed by atoms with Crippen LogP contribution in [0, 0.1) is 13.8 Å². The number of nitrogens with one attached hydrogen (secondary N) is 1. The van der Waals surface area contributed by atoms with E-state index >= 15 is 0 Å². The number of aromatic nitrogens is 4. The largest absolute Gasteiger partial charge is 0.338 e. The van der Waals surface area contributed by atoms with E-state index < -0.39 is 0 Å². The van der Waals surface area contributed by atoms with Crippen LogP contribution < -0.4 is 5.32 Å². The Labute approximate surface area is 149 Å². The molecule has 0 saturated carbocycles. The Hall–Kier alpha value is -1.93. The van der Waals surface area contributed by atoms with E-state index in [0.717, 1.165) is 21.6 Å². The van der Waals surface area contributed by atoms with Crippen molar-refractivity contribution in [2.75, 3.05) is 5.32 Å². The maximum Gasteiger partial charge on any atom is 0.239 e. The van der Waals surface area contributed by atoms with Crippen LogP contribution in [0.15, 0.2) is 27.1 Å². The Bertz CT molecular complexity index is 829. The van der Waals surface area contributed by atoms with Gasteiger partial charge in [0.1, 0.15) is 0 Å². The number of thioether (sulfide) groups is 1. The number of aryl methyl sites for hydroxylation is 3. The molecule has 6 nitrogen and oxygen atoms in total. The fourth-order valence-corrected chi connectivity index (χ4v) is 4.23. The summed E-state index contributed by atoms with van der Waals surface area (Å²) in [4.78, 5) is 4.26. The number of para-hydroxylation sites is 1. The van der Waals surface area contributed by atoms with Crippen molar-refractivity contribution >= 4 is 33.9 Å². The molecule has 0 fully saturated rings. The quantitative estimate of drug-likeness (QED) is 0.638. The Balaban J connectivity index is 1.72. The van der Waals surface area contributed by atoms with Crippen LogP contribution in [0.4, 0.5) is 10.8 Å². The summed E-state index contributed by atoms with van der Waals surface area (Å²) in [5.74, 6) is 1.25. The molecule has 0 aliphatic heterocycles. The van der Waals surface area contributed by atoms with Gasteiger partial charge < -0.3 is 9.84 Å². The molecule has 0 spiro atoms. The molecule has 0 saturated heterocycles. The highest BCUT2D eigenvalue weighted by molar-refractivity contribution is 8.01. The minimum Gasteiger partial charge on any atom is -0.338 e. The lowest BCUT2D eigenvalue weighted by Gasteiger charge is -2.11. The van der Waals surface area contributed by atoms with E-state index in [4.69, 9.17) is 4.52 Å². The molecule has 2 aromatic heterocycles. The van der Waals surface area contributed by atoms with Gasteiger partial charge in [0.25, 0.3) is 0 Å². The first-order valence-electron chi connectivity index (χ1n) is 7.72. The van der Waals surface area contributed by atoms with Gasteiger partial charge in [-0.15, -0.1) is 10.2 Å². The van der Waals surface area contributed by atoms with Gasteiger partial charge >= 0.3 is 0 Å². The summed E-state index contributed by atoms with van der Waals surface area (Å²) >= 11 is 3.09. The van der Waals surface area contributed by atoms with Gasteiger partial charge in [-0.25, -0.2) is 0 Å². The number of nitrogens with zero attached hydrogens (tertiary/aromatic N) is 4. The zero-order valence-corrected chi connectivity index (χ0v) is 15.7. The van der Waals surface area contributed by atoms with E-state index in [1.807, 2.05) is 13.8 Å². The van der Waals surface area contributed by atoms with Gasteiger partial charge in [0.05, 0.1) is 5.25 Å². The molecule has 0 amide bonds. The molecule has 0 radical (unpaired) electrons. The first kappa shape index (κ1) is 16.9. The van der Waals surface area contributed by atoms with Crippen LogP contribution in [-0.4, -0.2) is 20.3 Å². The van der Waals surface area contributed by atoms with Gasteiger partial charge in [-0.2, -0.15) is 4.98 Å². The first-order chi connectivity index (χ1) is 11.6. The Kier molecular flexibility index (Phi) is 5.15. The molecule has 126 valence electrons. The zero-order valence-electron chi connectivity index (χ0n) is 14.0. The number of hydrogen-bond acceptors (Lipinski definition) is 8. The maximum absolute atomic E-state index is 5.21. The fraction of sp³-hybridized carbons (Fsp3) is 0.375. The Morgan fingerprint density at radius 2 is 2.12 bits per heavy atom. The van der Waals surface area contributed by atoms with Crippen LogP contribution in [0.5, 0.6) is 0 Å². The van der Waals surface area contributed by atoms with Crippen molar-refractivity contribution in [3.05, 3.63) is 41.0 Å². The van der Waals surface area contributed by atoms with Crippen LogP contribution in [0.25, 0.3) is 0 Å². The zero-order chi connectivity index (χ0) is 17.1. The lowest BCUT2D eigenvalue weighted by atomic mass is 10.1. The molecular formula is C16H19N5OS2. The van der Waals surface area contributed by atoms with E-state index in [0.29, 0.717) is 11.7 Å². The Morgan fingerprint density at radius 3 is 2.83 bits per heavy atom. The van der Waals surface area contributed by atoms with Gasteiger partial charge in [-0.05, 0) is 38.3 Å². The van der Waals surface area contributed by atoms with Gasteiger partial charge in [-0.3, -0.25) is 0 Å². The lowest BCUT2D eigenvalue weighted by molar-refractivity contribution is 0.376. The van der Waals surface area contributed by atoms with Gasteiger partial charge in [-0.1, -0.05) is 53.4 Å². The second kappa shape index (κ2) is 7.31. The summed E-state index contributed by atoms with van der Waals surface area (Å²) in [7, 11) is 0. The SMILES string of the molecule is CCc1cccc(C)c1Nc1nnc(SC(C)c2nc(C)no2)s1. The topological polar surface area (TPSA) is 76.7 Å². The Morgan fingerprint density at radius 1 is 1.29 bits per heavy atom. The standard InChI is InChI=1S/C16H19N5OS2/c1-5-12-8-6-7-9(2)13(12)18-15-19-20-16(24-15)23-10(3)14-17-11(4)21-22-14/h6-8,10H,5H2,1-4H3,(H,18,19). The summed E-state index contributed by atoms with van der Waals surface area (Å²) in [6.45, 7) is 8.07. The molecular weight excluding hydrogens is 342 g/mol. The fourth-order valence-electron chi connectivity index (χ4n) is 2.30. The van der Waals surface area contributed by atoms with Crippen LogP contribution in [0.3, 0.4) is 0 Å². The van der Waals surface area contributed by atoms with Crippen molar-refractivity contribution in [1.29, 1.82) is 0 Å². The molecule has 3 rings (SSSR count). The second-order valence-electron chi connectivity index (χ2n) is 5.40.